The van der Waals surface area contributed by atoms with E-state index in [1.54, 1.807) is 0 Å². The van der Waals surface area contributed by atoms with Gasteiger partial charge in [-0.3, -0.25) is 37.3 Å². The van der Waals surface area contributed by atoms with E-state index >= 15 is 0 Å². The highest BCUT2D eigenvalue weighted by molar-refractivity contribution is 7.47. The van der Waals surface area contributed by atoms with E-state index in [4.69, 9.17) is 37.0 Å². The fourth-order valence-corrected chi connectivity index (χ4v) is 11.5. The van der Waals surface area contributed by atoms with Crippen molar-refractivity contribution in [2.24, 2.45) is 11.8 Å². The Balaban J connectivity index is 5.21. The Morgan fingerprint density at radius 3 is 0.800 bits per heavy atom. The molecule has 0 saturated carbocycles. The van der Waals surface area contributed by atoms with Gasteiger partial charge in [-0.2, -0.15) is 0 Å². The van der Waals surface area contributed by atoms with Crippen molar-refractivity contribution < 1.29 is 80.2 Å². The van der Waals surface area contributed by atoms with E-state index in [9.17, 15) is 43.2 Å². The lowest BCUT2D eigenvalue weighted by molar-refractivity contribution is -0.161. The molecule has 0 fully saturated rings. The van der Waals surface area contributed by atoms with Crippen molar-refractivity contribution in [3.8, 4) is 0 Å². The van der Waals surface area contributed by atoms with E-state index in [0.717, 1.165) is 108 Å². The first kappa shape index (κ1) is 83.1. The second-order valence-corrected chi connectivity index (χ2v) is 27.7. The first-order valence-electron chi connectivity index (χ1n) is 34.5. The van der Waals surface area contributed by atoms with Crippen molar-refractivity contribution in [3.63, 3.8) is 0 Å². The summed E-state index contributed by atoms with van der Waals surface area (Å²) in [6.45, 7) is 9.46. The lowest BCUT2D eigenvalue weighted by Crippen LogP contribution is -2.30. The van der Waals surface area contributed by atoms with E-state index in [-0.39, 0.29) is 25.7 Å². The van der Waals surface area contributed by atoms with Gasteiger partial charge in [-0.15, -0.1) is 0 Å². The molecule has 2 unspecified atom stereocenters. The van der Waals surface area contributed by atoms with E-state index < -0.39 is 97.5 Å². The van der Waals surface area contributed by atoms with Crippen LogP contribution in [-0.4, -0.2) is 96.7 Å². The molecule has 0 rings (SSSR count). The average molecular weight is 1260 g/mol. The lowest BCUT2D eigenvalue weighted by Gasteiger charge is -2.21. The molecular weight excluding hydrogens is 1130 g/mol. The van der Waals surface area contributed by atoms with Gasteiger partial charge in [0.2, 0.25) is 0 Å². The third-order valence-corrected chi connectivity index (χ3v) is 17.1. The van der Waals surface area contributed by atoms with Crippen molar-refractivity contribution >= 4 is 39.5 Å². The maximum absolute atomic E-state index is 13.0. The molecule has 504 valence electrons. The number of hydrogen-bond acceptors (Lipinski definition) is 15. The van der Waals surface area contributed by atoms with Crippen LogP contribution in [0.15, 0.2) is 0 Å². The Bertz CT molecular complexity index is 1670. The minimum Gasteiger partial charge on any atom is -0.462 e. The van der Waals surface area contributed by atoms with Gasteiger partial charge in [-0.1, -0.05) is 279 Å². The number of phosphoric ester groups is 2. The number of aliphatic hydroxyl groups is 1. The fourth-order valence-electron chi connectivity index (χ4n) is 9.88. The number of esters is 4. The zero-order valence-corrected chi connectivity index (χ0v) is 56.7. The number of aliphatic hydroxyl groups excluding tert-OH is 1. The van der Waals surface area contributed by atoms with Crippen LogP contribution in [0.4, 0.5) is 0 Å². The summed E-state index contributed by atoms with van der Waals surface area (Å²) in [5.41, 5.74) is 0. The summed E-state index contributed by atoms with van der Waals surface area (Å²) < 4.78 is 68.0. The highest BCUT2D eigenvalue weighted by atomic mass is 31.2. The van der Waals surface area contributed by atoms with Gasteiger partial charge in [-0.25, -0.2) is 9.13 Å². The molecule has 17 nitrogen and oxygen atoms in total. The Morgan fingerprint density at radius 1 is 0.318 bits per heavy atom. The number of rotatable bonds is 65. The molecule has 0 spiro atoms. The Labute approximate surface area is 517 Å². The minimum atomic E-state index is -4.95. The van der Waals surface area contributed by atoms with Gasteiger partial charge >= 0.3 is 39.5 Å². The first-order chi connectivity index (χ1) is 40.9. The van der Waals surface area contributed by atoms with Crippen molar-refractivity contribution in [2.45, 2.75) is 349 Å². The molecule has 0 radical (unpaired) electrons. The lowest BCUT2D eigenvalue weighted by atomic mass is 10.0. The van der Waals surface area contributed by atoms with E-state index in [1.165, 1.54) is 141 Å². The topological polar surface area (TPSA) is 237 Å². The molecule has 3 N–H and O–H groups in total. The second-order valence-electron chi connectivity index (χ2n) is 24.8. The Morgan fingerprint density at radius 2 is 0.541 bits per heavy atom. The summed E-state index contributed by atoms with van der Waals surface area (Å²) in [6, 6.07) is 0. The van der Waals surface area contributed by atoms with Crippen LogP contribution in [0.25, 0.3) is 0 Å². The van der Waals surface area contributed by atoms with Gasteiger partial charge in [-0.05, 0) is 37.5 Å². The van der Waals surface area contributed by atoms with Gasteiger partial charge in [0.15, 0.2) is 12.2 Å². The summed E-state index contributed by atoms with van der Waals surface area (Å²) in [4.78, 5) is 72.2. The zero-order chi connectivity index (χ0) is 62.9. The second kappa shape index (κ2) is 58.4. The van der Waals surface area contributed by atoms with Gasteiger partial charge in [0.05, 0.1) is 26.4 Å². The van der Waals surface area contributed by atoms with Crippen molar-refractivity contribution in [1.82, 2.24) is 0 Å². The van der Waals surface area contributed by atoms with Gasteiger partial charge in [0.1, 0.15) is 19.3 Å². The van der Waals surface area contributed by atoms with Gasteiger partial charge < -0.3 is 33.8 Å². The predicted molar refractivity (Wildman–Crippen MR) is 340 cm³/mol. The molecule has 5 atom stereocenters. The third-order valence-electron chi connectivity index (χ3n) is 15.2. The molecule has 0 amide bonds. The molecule has 0 aliphatic carbocycles. The summed E-state index contributed by atoms with van der Waals surface area (Å²) in [5, 5.41) is 10.5. The summed E-state index contributed by atoms with van der Waals surface area (Å²) in [5.74, 6) is -0.620. The molecule has 85 heavy (non-hydrogen) atoms. The van der Waals surface area contributed by atoms with Crippen LogP contribution in [0.5, 0.6) is 0 Å². The smallest absolute Gasteiger partial charge is 0.462 e. The fraction of sp³-hybridized carbons (Fsp3) is 0.939. The van der Waals surface area contributed by atoms with Gasteiger partial charge in [0.25, 0.3) is 0 Å². The Hall–Kier alpha value is -1.94. The van der Waals surface area contributed by atoms with Crippen molar-refractivity contribution in [1.29, 1.82) is 0 Å². The standard InChI is InChI=1S/C66H128O17P2/c1-7-9-11-13-15-17-24-32-38-44-50-65(70)82-61(54-76-63(68)48-42-36-30-16-14-12-10-8-2)56-80-84(72,73)78-52-60(67)53-79-85(74,75)81-57-62(55-77-64(69)49-43-37-31-27-26-29-35-41-47-59(5)6)83-66(71)51-45-39-33-25-22-20-18-19-21-23-28-34-40-46-58(3)4/h58-62,67H,7-57H2,1-6H3,(H,72,73)(H,74,75)/t60-,61+,62+/m0/s1. The van der Waals surface area contributed by atoms with Crippen LogP contribution < -0.4 is 0 Å². The molecule has 0 bridgehead atoms. The van der Waals surface area contributed by atoms with Crippen molar-refractivity contribution in [2.75, 3.05) is 39.6 Å². The summed E-state index contributed by atoms with van der Waals surface area (Å²) >= 11 is 0. The van der Waals surface area contributed by atoms with E-state index in [1.807, 2.05) is 0 Å². The van der Waals surface area contributed by atoms with Crippen LogP contribution in [0, 0.1) is 11.8 Å². The van der Waals surface area contributed by atoms with E-state index in [0.29, 0.717) is 25.7 Å². The van der Waals surface area contributed by atoms with Crippen LogP contribution >= 0.6 is 15.6 Å². The third kappa shape index (κ3) is 60.7. The number of carbonyl (C=O) groups excluding carboxylic acids is 4. The molecule has 0 aliphatic heterocycles. The molecular formula is C66H128O17P2. The molecule has 0 aromatic heterocycles. The maximum atomic E-state index is 13.0. The minimum absolute atomic E-state index is 0.106. The normalized spacial score (nSPS) is 14.2. The molecule has 19 heteroatoms. The largest absolute Gasteiger partial charge is 0.472 e. The number of ether oxygens (including phenoxy) is 4. The zero-order valence-electron chi connectivity index (χ0n) is 54.9. The summed E-state index contributed by atoms with van der Waals surface area (Å²) in [6.07, 6.45) is 41.7. The average Bonchev–Trinajstić information content (AvgIpc) is 3.48. The number of carbonyl (C=O) groups is 4. The van der Waals surface area contributed by atoms with Crippen LogP contribution in [0.2, 0.25) is 0 Å². The van der Waals surface area contributed by atoms with Crippen LogP contribution in [0.3, 0.4) is 0 Å². The molecule has 0 heterocycles. The Kier molecular flexibility index (Phi) is 57.1. The molecule has 0 saturated heterocycles. The number of hydrogen-bond donors (Lipinski definition) is 3. The molecule has 0 aliphatic rings. The predicted octanol–water partition coefficient (Wildman–Crippen LogP) is 18.4. The first-order valence-corrected chi connectivity index (χ1v) is 37.5. The molecule has 0 aromatic rings. The van der Waals surface area contributed by atoms with Gasteiger partial charge in [0, 0.05) is 25.7 Å². The number of phosphoric acid groups is 2. The summed E-state index contributed by atoms with van der Waals surface area (Å²) in [7, 11) is -9.89. The van der Waals surface area contributed by atoms with Crippen molar-refractivity contribution in [3.05, 3.63) is 0 Å². The highest BCUT2D eigenvalue weighted by Gasteiger charge is 2.30. The molecule has 0 aromatic carbocycles. The SMILES string of the molecule is CCCCCCCCCCCCC(=O)O[C@H](COC(=O)CCCCCCCCCC)COP(=O)(O)OC[C@H](O)COP(=O)(O)OC[C@@H](COC(=O)CCCCCCCCCCC(C)C)OC(=O)CCCCCCCCCCCCCCCC(C)C. The maximum Gasteiger partial charge on any atom is 0.472 e. The quantitative estimate of drug-likeness (QED) is 0.0222. The highest BCUT2D eigenvalue weighted by Crippen LogP contribution is 2.45. The monoisotopic (exact) mass is 1250 g/mol. The number of unbranched alkanes of at least 4 members (excludes halogenated alkanes) is 35. The van der Waals surface area contributed by atoms with E-state index in [2.05, 4.69) is 41.5 Å². The van der Waals surface area contributed by atoms with Crippen LogP contribution in [-0.2, 0) is 65.4 Å². The van der Waals surface area contributed by atoms with Crippen LogP contribution in [0.1, 0.15) is 330 Å².